The first-order valence-electron chi connectivity index (χ1n) is 4.35. The highest BCUT2D eigenvalue weighted by Gasteiger charge is 2.15. The van der Waals surface area contributed by atoms with Gasteiger partial charge in [-0.05, 0) is 20.8 Å². The fraction of sp³-hybridized carbons (Fsp3) is 0.667. The van der Waals surface area contributed by atoms with Crippen LogP contribution in [0.3, 0.4) is 0 Å². The highest BCUT2D eigenvalue weighted by atomic mass is 32.2. The molecule has 0 aliphatic heterocycles. The monoisotopic (exact) mass is 218 g/mol. The Morgan fingerprint density at radius 1 is 1.57 bits per heavy atom. The van der Waals surface area contributed by atoms with Crippen molar-refractivity contribution in [1.29, 1.82) is 0 Å². The number of carbonyl (C=O) groups is 1. The summed E-state index contributed by atoms with van der Waals surface area (Å²) in [5.74, 6) is 0.703. The zero-order valence-corrected chi connectivity index (χ0v) is 9.74. The van der Waals surface area contributed by atoms with Crippen LogP contribution in [0.1, 0.15) is 20.8 Å². The van der Waals surface area contributed by atoms with E-state index in [1.165, 1.54) is 11.8 Å². The summed E-state index contributed by atoms with van der Waals surface area (Å²) in [6.45, 7) is 9.52. The molecule has 0 aromatic heterocycles. The molecule has 0 bridgehead atoms. The lowest BCUT2D eigenvalue weighted by Crippen LogP contribution is -2.33. The molecule has 1 amide bonds. The quantitative estimate of drug-likeness (QED) is 0.705. The molecule has 0 rings (SSSR count). The number of ether oxygens (including phenoxy) is 1. The predicted molar refractivity (Wildman–Crippen MR) is 60.0 cm³/mol. The topological polar surface area (TPSA) is 64.3 Å². The molecule has 0 atom stereocenters. The van der Waals surface area contributed by atoms with Crippen LogP contribution in [-0.4, -0.2) is 24.0 Å². The van der Waals surface area contributed by atoms with Gasteiger partial charge in [0.2, 0.25) is 0 Å². The summed E-state index contributed by atoms with van der Waals surface area (Å²) in [7, 11) is 0. The molecule has 0 fully saturated rings. The SMILES string of the molecule is C=C(N)SCCNC(=O)OC(C)(C)C. The maximum Gasteiger partial charge on any atom is 0.407 e. The Labute approximate surface area is 89.3 Å². The second-order valence-electron chi connectivity index (χ2n) is 3.74. The van der Waals surface area contributed by atoms with Crippen molar-refractivity contribution in [2.75, 3.05) is 12.3 Å². The Kier molecular flexibility index (Phi) is 5.45. The van der Waals surface area contributed by atoms with Crippen molar-refractivity contribution in [2.45, 2.75) is 26.4 Å². The van der Waals surface area contributed by atoms with Crippen LogP contribution in [0.15, 0.2) is 11.6 Å². The number of nitrogens with two attached hydrogens (primary N) is 1. The van der Waals surface area contributed by atoms with Gasteiger partial charge in [-0.25, -0.2) is 4.79 Å². The summed E-state index contributed by atoms with van der Waals surface area (Å²) in [6.07, 6.45) is -0.402. The maximum atomic E-state index is 11.1. The number of alkyl carbamates (subject to hydrolysis) is 1. The number of carbonyl (C=O) groups excluding carboxylic acids is 1. The average molecular weight is 218 g/mol. The molecule has 0 saturated carbocycles. The number of nitrogens with one attached hydrogen (secondary N) is 1. The van der Waals surface area contributed by atoms with Crippen molar-refractivity contribution >= 4 is 17.9 Å². The molecule has 4 nitrogen and oxygen atoms in total. The van der Waals surface area contributed by atoms with Gasteiger partial charge in [-0.15, -0.1) is 11.8 Å². The average Bonchev–Trinajstić information content (AvgIpc) is 1.94. The fourth-order valence-electron chi connectivity index (χ4n) is 0.649. The summed E-state index contributed by atoms with van der Waals surface area (Å²) in [5, 5.41) is 3.17. The zero-order chi connectivity index (χ0) is 11.2. The number of hydrogen-bond donors (Lipinski definition) is 2. The minimum atomic E-state index is -0.450. The largest absolute Gasteiger partial charge is 0.444 e. The Bertz CT molecular complexity index is 211. The molecular weight excluding hydrogens is 200 g/mol. The van der Waals surface area contributed by atoms with Gasteiger partial charge in [-0.2, -0.15) is 0 Å². The van der Waals surface area contributed by atoms with Gasteiger partial charge < -0.3 is 15.8 Å². The lowest BCUT2D eigenvalue weighted by Gasteiger charge is -2.19. The lowest BCUT2D eigenvalue weighted by atomic mass is 10.2. The Hall–Kier alpha value is -0.840. The van der Waals surface area contributed by atoms with Gasteiger partial charge in [-0.3, -0.25) is 0 Å². The summed E-state index contributed by atoms with van der Waals surface area (Å²) < 4.78 is 5.03. The summed E-state index contributed by atoms with van der Waals surface area (Å²) in [4.78, 5) is 11.1. The van der Waals surface area contributed by atoms with Gasteiger partial charge in [0.1, 0.15) is 5.60 Å². The normalized spacial score (nSPS) is 10.8. The molecule has 0 heterocycles. The third-order valence-corrected chi connectivity index (χ3v) is 1.84. The number of rotatable bonds is 4. The molecular formula is C9H18N2O2S. The minimum Gasteiger partial charge on any atom is -0.444 e. The molecule has 0 aromatic rings. The van der Waals surface area contributed by atoms with Gasteiger partial charge in [-0.1, -0.05) is 6.58 Å². The van der Waals surface area contributed by atoms with Crippen molar-refractivity contribution < 1.29 is 9.53 Å². The van der Waals surface area contributed by atoms with E-state index in [0.717, 1.165) is 0 Å². The van der Waals surface area contributed by atoms with Crippen molar-refractivity contribution in [1.82, 2.24) is 5.32 Å². The molecule has 0 radical (unpaired) electrons. The van der Waals surface area contributed by atoms with Crippen LogP contribution < -0.4 is 11.1 Å². The molecule has 0 aliphatic rings. The molecule has 82 valence electrons. The van der Waals surface area contributed by atoms with Crippen LogP contribution in [-0.2, 0) is 4.74 Å². The summed E-state index contributed by atoms with van der Waals surface area (Å²) in [5.41, 5.74) is 4.89. The van der Waals surface area contributed by atoms with E-state index in [9.17, 15) is 4.79 Å². The molecule has 14 heavy (non-hydrogen) atoms. The molecule has 3 N–H and O–H groups in total. The molecule has 5 heteroatoms. The van der Waals surface area contributed by atoms with Gasteiger partial charge in [0.05, 0.1) is 5.03 Å². The first kappa shape index (κ1) is 13.2. The van der Waals surface area contributed by atoms with E-state index in [2.05, 4.69) is 11.9 Å². The summed E-state index contributed by atoms with van der Waals surface area (Å²) >= 11 is 1.40. The highest BCUT2D eigenvalue weighted by Crippen LogP contribution is 2.07. The number of thioether (sulfide) groups is 1. The van der Waals surface area contributed by atoms with E-state index in [1.54, 1.807) is 0 Å². The second kappa shape index (κ2) is 5.80. The Morgan fingerprint density at radius 3 is 2.57 bits per heavy atom. The van der Waals surface area contributed by atoms with Crippen molar-refractivity contribution in [3.05, 3.63) is 11.6 Å². The van der Waals surface area contributed by atoms with Crippen molar-refractivity contribution in [2.24, 2.45) is 5.73 Å². The van der Waals surface area contributed by atoms with Crippen molar-refractivity contribution in [3.63, 3.8) is 0 Å². The first-order chi connectivity index (χ1) is 6.31. The van der Waals surface area contributed by atoms with Crippen LogP contribution in [0, 0.1) is 0 Å². The van der Waals surface area contributed by atoms with E-state index in [-0.39, 0.29) is 0 Å². The highest BCUT2D eigenvalue weighted by molar-refractivity contribution is 8.02. The standard InChI is InChI=1S/C9H18N2O2S/c1-7(10)14-6-5-11-8(12)13-9(2,3)4/h1,5-6,10H2,2-4H3,(H,11,12). The molecule has 0 aromatic carbocycles. The molecule has 0 saturated heterocycles. The van der Waals surface area contributed by atoms with Crippen LogP contribution in [0.4, 0.5) is 4.79 Å². The van der Waals surface area contributed by atoms with E-state index in [0.29, 0.717) is 17.3 Å². The van der Waals surface area contributed by atoms with Crippen LogP contribution in [0.5, 0.6) is 0 Å². The van der Waals surface area contributed by atoms with Crippen LogP contribution in [0.2, 0.25) is 0 Å². The fourth-order valence-corrected chi connectivity index (χ4v) is 1.12. The predicted octanol–water partition coefficient (Wildman–Crippen LogP) is 1.67. The number of hydrogen-bond acceptors (Lipinski definition) is 4. The van der Waals surface area contributed by atoms with Crippen LogP contribution >= 0.6 is 11.8 Å². The molecule has 0 spiro atoms. The third kappa shape index (κ3) is 9.25. The lowest BCUT2D eigenvalue weighted by molar-refractivity contribution is 0.0531. The second-order valence-corrected chi connectivity index (χ2v) is 4.96. The zero-order valence-electron chi connectivity index (χ0n) is 8.92. The van der Waals surface area contributed by atoms with E-state index >= 15 is 0 Å². The number of amides is 1. The van der Waals surface area contributed by atoms with Gasteiger partial charge in [0, 0.05) is 12.3 Å². The van der Waals surface area contributed by atoms with Crippen molar-refractivity contribution in [3.8, 4) is 0 Å². The summed E-state index contributed by atoms with van der Waals surface area (Å²) in [6, 6.07) is 0. The van der Waals surface area contributed by atoms with Crippen LogP contribution in [0.25, 0.3) is 0 Å². The third-order valence-electron chi connectivity index (χ3n) is 1.06. The van der Waals surface area contributed by atoms with E-state index in [1.807, 2.05) is 20.8 Å². The van der Waals surface area contributed by atoms with Gasteiger partial charge >= 0.3 is 6.09 Å². The van der Waals surface area contributed by atoms with E-state index in [4.69, 9.17) is 10.5 Å². The Balaban J connectivity index is 3.50. The molecule has 0 unspecified atom stereocenters. The first-order valence-corrected chi connectivity index (χ1v) is 5.34. The smallest absolute Gasteiger partial charge is 0.407 e. The maximum absolute atomic E-state index is 11.1. The van der Waals surface area contributed by atoms with Gasteiger partial charge in [0.15, 0.2) is 0 Å². The Morgan fingerprint density at radius 2 is 2.14 bits per heavy atom. The van der Waals surface area contributed by atoms with E-state index < -0.39 is 11.7 Å². The minimum absolute atomic E-state index is 0.402. The molecule has 0 aliphatic carbocycles. The van der Waals surface area contributed by atoms with Gasteiger partial charge in [0.25, 0.3) is 0 Å².